The van der Waals surface area contributed by atoms with Crippen molar-refractivity contribution in [3.8, 4) is 0 Å². The van der Waals surface area contributed by atoms with Gasteiger partial charge in [0.15, 0.2) is 0 Å². The van der Waals surface area contributed by atoms with Crippen LogP contribution in [-0.4, -0.2) is 26.9 Å². The highest BCUT2D eigenvalue weighted by Gasteiger charge is 2.23. The molecule has 0 aliphatic carbocycles. The van der Waals surface area contributed by atoms with Crippen molar-refractivity contribution >= 4 is 0 Å². The van der Waals surface area contributed by atoms with Gasteiger partial charge in [-0.2, -0.15) is 0 Å². The first-order valence-corrected chi connectivity index (χ1v) is 4.54. The molecule has 0 bridgehead atoms. The van der Waals surface area contributed by atoms with E-state index in [9.17, 15) is 0 Å². The molecule has 0 rings (SSSR count). The third-order valence-corrected chi connectivity index (χ3v) is 2.12. The van der Waals surface area contributed by atoms with Gasteiger partial charge >= 0.3 is 0 Å². The summed E-state index contributed by atoms with van der Waals surface area (Å²) in [6, 6.07) is 0. The molecule has 0 amide bonds. The van der Waals surface area contributed by atoms with Crippen molar-refractivity contribution in [1.29, 1.82) is 0 Å². The average molecular weight is 173 g/mol. The Morgan fingerprint density at radius 3 is 2.08 bits per heavy atom. The molecule has 1 unspecified atom stereocenters. The molecule has 0 spiro atoms. The fourth-order valence-corrected chi connectivity index (χ4v) is 1.38. The van der Waals surface area contributed by atoms with Gasteiger partial charge in [0.05, 0.1) is 12.7 Å². The summed E-state index contributed by atoms with van der Waals surface area (Å²) < 4.78 is 10.5. The van der Waals surface area contributed by atoms with Crippen LogP contribution in [0.1, 0.15) is 27.2 Å². The Bertz CT molecular complexity index is 98.0. The number of hydrogen-bond donors (Lipinski definition) is 0. The first-order chi connectivity index (χ1) is 5.67. The van der Waals surface area contributed by atoms with Gasteiger partial charge in [0.1, 0.15) is 0 Å². The van der Waals surface area contributed by atoms with Crippen LogP contribution in [0.25, 0.3) is 0 Å². The number of ether oxygens (including phenoxy) is 2. The molecule has 73 valence electrons. The monoisotopic (exact) mass is 173 g/mol. The predicted molar refractivity (Wildman–Crippen MR) is 51.0 cm³/mol. The van der Waals surface area contributed by atoms with Crippen LogP contribution in [0.3, 0.4) is 0 Å². The lowest BCUT2D eigenvalue weighted by atomic mass is 9.89. The van der Waals surface area contributed by atoms with E-state index < -0.39 is 0 Å². The van der Waals surface area contributed by atoms with E-state index in [1.807, 2.05) is 0 Å². The molecular formula is C10H21O2. The molecule has 0 fully saturated rings. The summed E-state index contributed by atoms with van der Waals surface area (Å²) in [7, 11) is 3.48. The second-order valence-corrected chi connectivity index (χ2v) is 3.30. The lowest BCUT2D eigenvalue weighted by Crippen LogP contribution is -2.28. The lowest BCUT2D eigenvalue weighted by Gasteiger charge is -2.26. The summed E-state index contributed by atoms with van der Waals surface area (Å²) in [5.74, 6) is 1.89. The molecular weight excluding hydrogens is 152 g/mol. The quantitative estimate of drug-likeness (QED) is 0.613. The Morgan fingerprint density at radius 2 is 1.83 bits per heavy atom. The maximum absolute atomic E-state index is 5.36. The summed E-state index contributed by atoms with van der Waals surface area (Å²) >= 11 is 0. The van der Waals surface area contributed by atoms with Gasteiger partial charge in [-0.15, -0.1) is 0 Å². The van der Waals surface area contributed by atoms with Crippen molar-refractivity contribution in [2.75, 3.05) is 20.8 Å². The largest absolute Gasteiger partial charge is 0.384 e. The first kappa shape index (κ1) is 11.9. The number of hydrogen-bond acceptors (Lipinski definition) is 2. The standard InChI is InChI=1S/C10H21O2/c1-6-10(12-5)9(7-11-4)8(2)3/h8,10H,6-7H2,1-5H3. The van der Waals surface area contributed by atoms with Gasteiger partial charge in [-0.1, -0.05) is 20.8 Å². The second-order valence-electron chi connectivity index (χ2n) is 3.30. The van der Waals surface area contributed by atoms with Crippen LogP contribution >= 0.6 is 0 Å². The Kier molecular flexibility index (Phi) is 6.39. The summed E-state index contributed by atoms with van der Waals surface area (Å²) in [4.78, 5) is 0. The van der Waals surface area contributed by atoms with Crippen molar-refractivity contribution in [1.82, 2.24) is 0 Å². The third-order valence-electron chi connectivity index (χ3n) is 2.12. The van der Waals surface area contributed by atoms with Gasteiger partial charge in [0.2, 0.25) is 0 Å². The summed E-state index contributed by atoms with van der Waals surface area (Å²) in [6.45, 7) is 7.20. The van der Waals surface area contributed by atoms with Crippen LogP contribution in [-0.2, 0) is 9.47 Å². The summed E-state index contributed by atoms with van der Waals surface area (Å²) in [5, 5.41) is 0. The fraction of sp³-hybridized carbons (Fsp3) is 0.900. The molecule has 1 atom stereocenters. The van der Waals surface area contributed by atoms with Crippen LogP contribution < -0.4 is 0 Å². The third kappa shape index (κ3) is 3.55. The molecule has 0 aromatic rings. The summed E-state index contributed by atoms with van der Waals surface area (Å²) in [6.07, 6.45) is 1.28. The number of rotatable bonds is 6. The van der Waals surface area contributed by atoms with Crippen molar-refractivity contribution < 1.29 is 9.47 Å². The van der Waals surface area contributed by atoms with Gasteiger partial charge in [0, 0.05) is 20.1 Å². The molecule has 0 aromatic heterocycles. The lowest BCUT2D eigenvalue weighted by molar-refractivity contribution is 0.0706. The Labute approximate surface area is 76.3 Å². The molecule has 2 nitrogen and oxygen atoms in total. The van der Waals surface area contributed by atoms with E-state index in [1.54, 1.807) is 14.2 Å². The summed E-state index contributed by atoms with van der Waals surface area (Å²) in [5.41, 5.74) is 0. The van der Waals surface area contributed by atoms with E-state index in [0.717, 1.165) is 6.42 Å². The van der Waals surface area contributed by atoms with Gasteiger partial charge in [-0.3, -0.25) is 0 Å². The molecule has 0 saturated carbocycles. The van der Waals surface area contributed by atoms with E-state index in [2.05, 4.69) is 20.8 Å². The van der Waals surface area contributed by atoms with E-state index in [-0.39, 0.29) is 6.10 Å². The van der Waals surface area contributed by atoms with E-state index in [1.165, 1.54) is 5.92 Å². The van der Waals surface area contributed by atoms with Crippen LogP contribution in [0.4, 0.5) is 0 Å². The zero-order valence-electron chi connectivity index (χ0n) is 8.89. The van der Waals surface area contributed by atoms with E-state index in [4.69, 9.17) is 9.47 Å². The van der Waals surface area contributed by atoms with Crippen LogP contribution in [0.5, 0.6) is 0 Å². The highest BCUT2D eigenvalue weighted by Crippen LogP contribution is 2.22. The maximum atomic E-state index is 5.36. The minimum atomic E-state index is 0.255. The number of methoxy groups -OCH3 is 2. The average Bonchev–Trinajstić information content (AvgIpc) is 2.05. The van der Waals surface area contributed by atoms with Gasteiger partial charge in [-0.25, -0.2) is 0 Å². The molecule has 2 heteroatoms. The van der Waals surface area contributed by atoms with Crippen molar-refractivity contribution in [2.45, 2.75) is 33.3 Å². The highest BCUT2D eigenvalue weighted by atomic mass is 16.5. The topological polar surface area (TPSA) is 18.5 Å². The Morgan fingerprint density at radius 1 is 1.25 bits per heavy atom. The molecule has 0 aromatic carbocycles. The van der Waals surface area contributed by atoms with Gasteiger partial charge in [-0.05, 0) is 12.3 Å². The molecule has 1 radical (unpaired) electrons. The highest BCUT2D eigenvalue weighted by molar-refractivity contribution is 5.00. The van der Waals surface area contributed by atoms with Crippen LogP contribution in [0.2, 0.25) is 0 Å². The first-order valence-electron chi connectivity index (χ1n) is 4.54. The smallest absolute Gasteiger partial charge is 0.0656 e. The minimum absolute atomic E-state index is 0.255. The SMILES string of the molecule is CCC(OC)[C](COC)C(C)C. The van der Waals surface area contributed by atoms with Crippen LogP contribution in [0, 0.1) is 11.8 Å². The van der Waals surface area contributed by atoms with Gasteiger partial charge in [0.25, 0.3) is 0 Å². The van der Waals surface area contributed by atoms with Crippen molar-refractivity contribution in [3.63, 3.8) is 0 Å². The molecule has 12 heavy (non-hydrogen) atoms. The van der Waals surface area contributed by atoms with Crippen LogP contribution in [0.15, 0.2) is 0 Å². The fourth-order valence-electron chi connectivity index (χ4n) is 1.38. The molecule has 0 saturated heterocycles. The van der Waals surface area contributed by atoms with Crippen molar-refractivity contribution in [3.05, 3.63) is 5.92 Å². The minimum Gasteiger partial charge on any atom is -0.384 e. The molecule has 0 aliphatic rings. The Hall–Kier alpha value is -0.0800. The normalized spacial score (nSPS) is 14.2. The zero-order chi connectivity index (χ0) is 9.56. The molecule has 0 heterocycles. The maximum Gasteiger partial charge on any atom is 0.0656 e. The molecule has 0 N–H and O–H groups in total. The predicted octanol–water partition coefficient (Wildman–Crippen LogP) is 2.29. The molecule has 0 aliphatic heterocycles. The Balaban J connectivity index is 4.05. The van der Waals surface area contributed by atoms with Crippen molar-refractivity contribution in [2.24, 2.45) is 5.92 Å². The second kappa shape index (κ2) is 6.44. The van der Waals surface area contributed by atoms with E-state index >= 15 is 0 Å². The zero-order valence-corrected chi connectivity index (χ0v) is 8.89. The van der Waals surface area contributed by atoms with E-state index in [0.29, 0.717) is 12.5 Å². The van der Waals surface area contributed by atoms with Gasteiger partial charge < -0.3 is 9.47 Å².